The summed E-state index contributed by atoms with van der Waals surface area (Å²) >= 11 is 0. The quantitative estimate of drug-likeness (QED) is 0.173. The van der Waals surface area contributed by atoms with Crippen molar-refractivity contribution in [2.45, 2.75) is 37.5 Å². The highest BCUT2D eigenvalue weighted by Crippen LogP contribution is 2.69. The molecular formula is C58H45N3. The van der Waals surface area contributed by atoms with Crippen molar-refractivity contribution in [2.75, 3.05) is 4.90 Å². The minimum Gasteiger partial charge on any atom is -0.310 e. The Labute approximate surface area is 356 Å². The molecule has 61 heavy (non-hydrogen) atoms. The van der Waals surface area contributed by atoms with Crippen LogP contribution >= 0.6 is 0 Å². The van der Waals surface area contributed by atoms with Crippen LogP contribution in [0.5, 0.6) is 0 Å². The fraction of sp³-hybridized carbons (Fsp3) is 0.172. The van der Waals surface area contributed by atoms with Crippen LogP contribution in [0.1, 0.15) is 43.2 Å². The zero-order valence-electron chi connectivity index (χ0n) is 34.1. The maximum absolute atomic E-state index is 2.60. The minimum absolute atomic E-state index is 0.0937. The average molecular weight is 784 g/mol. The molecule has 3 nitrogen and oxygen atoms in total. The maximum Gasteiger partial charge on any atom is 0.0542 e. The fourth-order valence-electron chi connectivity index (χ4n) is 13.7. The zero-order chi connectivity index (χ0) is 39.8. The Kier molecular flexibility index (Phi) is 7.01. The molecule has 1 aliphatic heterocycles. The van der Waals surface area contributed by atoms with E-state index >= 15 is 0 Å². The molecule has 4 aliphatic carbocycles. The predicted molar refractivity (Wildman–Crippen MR) is 253 cm³/mol. The van der Waals surface area contributed by atoms with Gasteiger partial charge in [-0.1, -0.05) is 127 Å². The molecule has 5 aliphatic rings. The van der Waals surface area contributed by atoms with Gasteiger partial charge in [-0.15, -0.1) is 0 Å². The number of hydrogen-bond donors (Lipinski definition) is 0. The molecule has 4 saturated carbocycles. The van der Waals surface area contributed by atoms with Gasteiger partial charge in [0.15, 0.2) is 0 Å². The number of rotatable bonds is 4. The Morgan fingerprint density at radius 3 is 1.25 bits per heavy atom. The van der Waals surface area contributed by atoms with E-state index in [0.29, 0.717) is 11.8 Å². The molecular weight excluding hydrogens is 739 g/mol. The summed E-state index contributed by atoms with van der Waals surface area (Å²) in [5.74, 6) is 3.26. The number of nitrogens with zero attached hydrogens (tertiary/aromatic N) is 3. The van der Waals surface area contributed by atoms with Crippen LogP contribution in [0.15, 0.2) is 188 Å². The van der Waals surface area contributed by atoms with Crippen molar-refractivity contribution in [2.24, 2.45) is 23.7 Å². The molecule has 0 atom stereocenters. The van der Waals surface area contributed by atoms with E-state index in [2.05, 4.69) is 202 Å². The van der Waals surface area contributed by atoms with Crippen LogP contribution in [0.3, 0.4) is 0 Å². The Balaban J connectivity index is 0.965. The second-order valence-corrected chi connectivity index (χ2v) is 18.5. The summed E-state index contributed by atoms with van der Waals surface area (Å²) in [7, 11) is 0. The van der Waals surface area contributed by atoms with Crippen LogP contribution in [0, 0.1) is 23.7 Å². The van der Waals surface area contributed by atoms with E-state index < -0.39 is 0 Å². The second-order valence-electron chi connectivity index (χ2n) is 18.5. The summed E-state index contributed by atoms with van der Waals surface area (Å²) in [6.07, 6.45) is 6.99. The molecule has 0 unspecified atom stereocenters. The molecule has 4 fully saturated rings. The Morgan fingerprint density at radius 2 is 0.738 bits per heavy atom. The first-order chi connectivity index (χ1) is 30.3. The smallest absolute Gasteiger partial charge is 0.0542 e. The summed E-state index contributed by atoms with van der Waals surface area (Å²) in [4.78, 5) is 2.60. The van der Waals surface area contributed by atoms with Crippen molar-refractivity contribution in [3.8, 4) is 22.5 Å². The van der Waals surface area contributed by atoms with Gasteiger partial charge in [0.25, 0.3) is 0 Å². The van der Waals surface area contributed by atoms with Crippen LogP contribution < -0.4 is 4.90 Å². The van der Waals surface area contributed by atoms with Gasteiger partial charge in [-0.2, -0.15) is 0 Å². The van der Waals surface area contributed by atoms with Crippen LogP contribution in [0.2, 0.25) is 0 Å². The van der Waals surface area contributed by atoms with Gasteiger partial charge >= 0.3 is 0 Å². The third-order valence-corrected chi connectivity index (χ3v) is 15.7. The predicted octanol–water partition coefficient (Wildman–Crippen LogP) is 15.1. The largest absolute Gasteiger partial charge is 0.310 e. The Hall–Kier alpha value is -6.84. The van der Waals surface area contributed by atoms with Crippen molar-refractivity contribution in [1.29, 1.82) is 0 Å². The van der Waals surface area contributed by atoms with Gasteiger partial charge in [0.1, 0.15) is 0 Å². The number of hydrogen-bond acceptors (Lipinski definition) is 1. The van der Waals surface area contributed by atoms with Gasteiger partial charge in [-0.25, -0.2) is 0 Å². The topological polar surface area (TPSA) is 13.1 Å². The number of fused-ring (bicyclic) bond motifs is 8. The van der Waals surface area contributed by atoms with Crippen molar-refractivity contribution >= 4 is 60.7 Å². The summed E-state index contributed by atoms with van der Waals surface area (Å²) < 4.78 is 4.96. The number of para-hydroxylation sites is 7. The number of aromatic nitrogens is 2. The van der Waals surface area contributed by atoms with Gasteiger partial charge in [0.2, 0.25) is 0 Å². The van der Waals surface area contributed by atoms with Crippen molar-refractivity contribution in [1.82, 2.24) is 9.13 Å². The van der Waals surface area contributed by atoms with Crippen molar-refractivity contribution < 1.29 is 0 Å². The molecule has 3 heteroatoms. The molecule has 15 rings (SSSR count). The molecule has 0 amide bonds. The summed E-state index contributed by atoms with van der Waals surface area (Å²) in [5, 5.41) is 5.07. The lowest BCUT2D eigenvalue weighted by Crippen LogP contribution is -2.57. The van der Waals surface area contributed by atoms with Gasteiger partial charge in [-0.05, 0) is 128 Å². The average Bonchev–Trinajstić information content (AvgIpc) is 3.82. The first-order valence-corrected chi connectivity index (χ1v) is 22.5. The molecule has 0 N–H and O–H groups in total. The molecule has 8 aromatic carbocycles. The first-order valence-electron chi connectivity index (χ1n) is 22.5. The standard InChI is InChI=1S/C58H45N3/c1-8-22-50-42(15-1)43-16-2-9-23-51(43)60(50)52-24-10-3-17-44(52)45-18-4-11-25-53(45)61-54-26-12-5-19-46(54)47-36-41(29-30-55(47)61)59-56-27-13-6-20-48(56)58(49-21-7-14-28-57(49)59)39-32-37-31-38(34-39)35-40(58)33-37/h1-30,36-40H,31-35H2/t37-,38?,39-,40?/m0/s1. The molecule has 10 aromatic rings. The van der Waals surface area contributed by atoms with E-state index in [9.17, 15) is 0 Å². The molecule has 1 spiro atoms. The van der Waals surface area contributed by atoms with E-state index in [1.807, 2.05) is 0 Å². The van der Waals surface area contributed by atoms with Gasteiger partial charge in [0, 0.05) is 43.8 Å². The van der Waals surface area contributed by atoms with Crippen molar-refractivity contribution in [3.05, 3.63) is 199 Å². The maximum atomic E-state index is 2.60. The van der Waals surface area contributed by atoms with Gasteiger partial charge < -0.3 is 14.0 Å². The number of anilines is 3. The number of benzene rings is 8. The van der Waals surface area contributed by atoms with Crippen molar-refractivity contribution in [3.63, 3.8) is 0 Å². The molecule has 0 radical (unpaired) electrons. The van der Waals surface area contributed by atoms with E-state index in [4.69, 9.17) is 0 Å². The zero-order valence-corrected chi connectivity index (χ0v) is 34.1. The molecule has 0 saturated heterocycles. The lowest BCUT2D eigenvalue weighted by Gasteiger charge is -2.64. The molecule has 2 aromatic heterocycles. The lowest BCUT2D eigenvalue weighted by molar-refractivity contribution is -0.0419. The Morgan fingerprint density at radius 1 is 0.344 bits per heavy atom. The fourth-order valence-corrected chi connectivity index (χ4v) is 13.7. The monoisotopic (exact) mass is 783 g/mol. The second kappa shape index (κ2) is 12.6. The molecule has 3 heterocycles. The van der Waals surface area contributed by atoms with Gasteiger partial charge in [0.05, 0.1) is 44.8 Å². The van der Waals surface area contributed by atoms with Crippen LogP contribution in [0.4, 0.5) is 17.1 Å². The van der Waals surface area contributed by atoms with E-state index in [-0.39, 0.29) is 5.41 Å². The van der Waals surface area contributed by atoms with Crippen LogP contribution in [0.25, 0.3) is 66.1 Å². The van der Waals surface area contributed by atoms with E-state index in [1.165, 1.54) is 115 Å². The first kappa shape index (κ1) is 33.9. The van der Waals surface area contributed by atoms with E-state index in [0.717, 1.165) is 11.8 Å². The highest BCUT2D eigenvalue weighted by molar-refractivity contribution is 6.12. The van der Waals surface area contributed by atoms with Crippen LogP contribution in [-0.4, -0.2) is 9.13 Å². The third-order valence-electron chi connectivity index (χ3n) is 15.7. The van der Waals surface area contributed by atoms with Gasteiger partial charge in [-0.3, -0.25) is 0 Å². The highest BCUT2D eigenvalue weighted by Gasteiger charge is 2.61. The van der Waals surface area contributed by atoms with Crippen LogP contribution in [-0.2, 0) is 5.41 Å². The summed E-state index contributed by atoms with van der Waals surface area (Å²) in [6, 6.07) is 70.8. The molecule has 4 bridgehead atoms. The summed E-state index contributed by atoms with van der Waals surface area (Å²) in [6.45, 7) is 0. The van der Waals surface area contributed by atoms with E-state index in [1.54, 1.807) is 11.1 Å². The Bertz CT molecular complexity index is 3290. The molecule has 292 valence electrons. The minimum atomic E-state index is 0.0937. The lowest BCUT2D eigenvalue weighted by atomic mass is 9.41. The normalized spacial score (nSPS) is 20.9. The highest BCUT2D eigenvalue weighted by atomic mass is 15.2. The SMILES string of the molecule is c1ccc(-n2c3ccccc3c3ccccc32)c(-c2ccccc2-n2c3ccccc3c3cc(N4c5ccccc5C5(c6ccccc64)C4CC6C[C@H](C4)C[C@H]5C6)ccc32)c1. The summed E-state index contributed by atoms with van der Waals surface area (Å²) in [5.41, 5.74) is 16.8. The third kappa shape index (κ3) is 4.53.